The summed E-state index contributed by atoms with van der Waals surface area (Å²) in [4.78, 5) is 12.4. The van der Waals surface area contributed by atoms with Gasteiger partial charge in [-0.1, -0.05) is 63.2 Å². The van der Waals surface area contributed by atoms with E-state index in [-0.39, 0.29) is 11.2 Å². The van der Waals surface area contributed by atoms with E-state index in [0.29, 0.717) is 12.8 Å². The van der Waals surface area contributed by atoms with Gasteiger partial charge in [-0.05, 0) is 47.1 Å². The van der Waals surface area contributed by atoms with Gasteiger partial charge in [0.05, 0.1) is 0 Å². The van der Waals surface area contributed by atoms with Crippen LogP contribution in [0.5, 0.6) is 0 Å². The lowest BCUT2D eigenvalue weighted by molar-refractivity contribution is -0.117. The van der Waals surface area contributed by atoms with Gasteiger partial charge in [-0.15, -0.1) is 0 Å². The summed E-state index contributed by atoms with van der Waals surface area (Å²) in [6, 6.07) is 14.4. The summed E-state index contributed by atoms with van der Waals surface area (Å²) in [7, 11) is 0. The zero-order valence-electron chi connectivity index (χ0n) is 14.4. The predicted octanol–water partition coefficient (Wildman–Crippen LogP) is 4.96. The van der Waals surface area contributed by atoms with Crippen LogP contribution in [-0.2, 0) is 23.1 Å². The third-order valence-corrected chi connectivity index (χ3v) is 4.18. The number of Topliss-reactive ketones (excluding diaryl/α,β-unsaturated/α-hetero) is 1. The predicted molar refractivity (Wildman–Crippen MR) is 93.5 cm³/mol. The molecule has 0 spiro atoms. The van der Waals surface area contributed by atoms with Gasteiger partial charge in [0.25, 0.3) is 0 Å². The third kappa shape index (κ3) is 4.07. The first-order valence-electron chi connectivity index (χ1n) is 7.93. The van der Waals surface area contributed by atoms with Crippen LogP contribution >= 0.6 is 0 Å². The zero-order chi connectivity index (χ0) is 16.3. The summed E-state index contributed by atoms with van der Waals surface area (Å²) in [6.07, 6.45) is 1.04. The monoisotopic (exact) mass is 294 g/mol. The summed E-state index contributed by atoms with van der Waals surface area (Å²) in [5.74, 6) is 0.279. The average molecular weight is 294 g/mol. The van der Waals surface area contributed by atoms with E-state index in [9.17, 15) is 4.79 Å². The largest absolute Gasteiger partial charge is 0.299 e. The quantitative estimate of drug-likeness (QED) is 0.779. The molecular formula is C21H26O. The molecule has 116 valence electrons. The van der Waals surface area contributed by atoms with Gasteiger partial charge in [0.15, 0.2) is 0 Å². The molecule has 0 aromatic heterocycles. The van der Waals surface area contributed by atoms with Crippen molar-refractivity contribution in [1.29, 1.82) is 0 Å². The Labute approximate surface area is 134 Å². The van der Waals surface area contributed by atoms with Crippen LogP contribution in [0.15, 0.2) is 42.5 Å². The number of aryl methyl sites for hydroxylation is 2. The maximum absolute atomic E-state index is 12.4. The van der Waals surface area contributed by atoms with Crippen molar-refractivity contribution in [1.82, 2.24) is 0 Å². The highest BCUT2D eigenvalue weighted by molar-refractivity contribution is 5.83. The first-order chi connectivity index (χ1) is 10.3. The number of hydrogen-bond acceptors (Lipinski definition) is 1. The minimum Gasteiger partial charge on any atom is -0.299 e. The van der Waals surface area contributed by atoms with Crippen LogP contribution in [0.3, 0.4) is 0 Å². The topological polar surface area (TPSA) is 17.1 Å². The van der Waals surface area contributed by atoms with Crippen molar-refractivity contribution < 1.29 is 4.79 Å². The number of benzene rings is 2. The Morgan fingerprint density at radius 1 is 0.909 bits per heavy atom. The molecule has 1 heteroatoms. The molecule has 0 amide bonds. The van der Waals surface area contributed by atoms with Crippen molar-refractivity contribution in [2.24, 2.45) is 0 Å². The molecule has 0 heterocycles. The molecule has 0 unspecified atom stereocenters. The minimum atomic E-state index is 0.141. The summed E-state index contributed by atoms with van der Waals surface area (Å²) in [5.41, 5.74) is 6.21. The molecule has 0 aliphatic rings. The summed E-state index contributed by atoms with van der Waals surface area (Å²) in [5, 5.41) is 0. The van der Waals surface area contributed by atoms with Crippen molar-refractivity contribution in [2.75, 3.05) is 0 Å². The van der Waals surface area contributed by atoms with Gasteiger partial charge in [0.2, 0.25) is 0 Å². The van der Waals surface area contributed by atoms with E-state index in [4.69, 9.17) is 0 Å². The second-order valence-corrected chi connectivity index (χ2v) is 7.22. The van der Waals surface area contributed by atoms with Crippen LogP contribution in [0.2, 0.25) is 0 Å². The van der Waals surface area contributed by atoms with Gasteiger partial charge in [0.1, 0.15) is 5.78 Å². The molecule has 0 saturated heterocycles. The molecule has 0 fully saturated rings. The van der Waals surface area contributed by atoms with Gasteiger partial charge >= 0.3 is 0 Å². The minimum absolute atomic E-state index is 0.141. The molecule has 0 N–H and O–H groups in total. The normalized spacial score (nSPS) is 11.5. The lowest BCUT2D eigenvalue weighted by atomic mass is 9.83. The van der Waals surface area contributed by atoms with Crippen LogP contribution < -0.4 is 0 Å². The number of hydrogen-bond donors (Lipinski definition) is 0. The summed E-state index contributed by atoms with van der Waals surface area (Å²) in [6.45, 7) is 10.9. The summed E-state index contributed by atoms with van der Waals surface area (Å²) < 4.78 is 0. The highest BCUT2D eigenvalue weighted by Gasteiger charge is 2.17. The molecule has 2 rings (SSSR count). The van der Waals surface area contributed by atoms with E-state index in [1.165, 1.54) is 22.3 Å². The molecule has 1 nitrogen and oxygen atoms in total. The van der Waals surface area contributed by atoms with Gasteiger partial charge < -0.3 is 0 Å². The molecule has 0 aliphatic carbocycles. The number of rotatable bonds is 4. The highest BCUT2D eigenvalue weighted by Crippen LogP contribution is 2.27. The Balaban J connectivity index is 2.18. The van der Waals surface area contributed by atoms with Crippen LogP contribution in [0, 0.1) is 13.8 Å². The molecule has 0 atom stereocenters. The maximum atomic E-state index is 12.4. The average Bonchev–Trinajstić information content (AvgIpc) is 2.42. The van der Waals surface area contributed by atoms with Crippen LogP contribution in [0.1, 0.15) is 48.6 Å². The van der Waals surface area contributed by atoms with Crippen molar-refractivity contribution in [2.45, 2.75) is 52.9 Å². The lowest BCUT2D eigenvalue weighted by Gasteiger charge is -2.22. The Kier molecular flexibility index (Phi) is 4.85. The molecule has 0 aliphatic heterocycles. The van der Waals surface area contributed by atoms with Crippen molar-refractivity contribution in [3.8, 4) is 0 Å². The third-order valence-electron chi connectivity index (χ3n) is 4.18. The SMILES string of the molecule is Cc1cc(C(C)(C)C)cc(C)c1CC(=O)Cc1ccccc1. The second-order valence-electron chi connectivity index (χ2n) is 7.22. The maximum Gasteiger partial charge on any atom is 0.141 e. The number of carbonyl (C=O) groups is 1. The van der Waals surface area contributed by atoms with Crippen molar-refractivity contribution >= 4 is 5.78 Å². The molecule has 22 heavy (non-hydrogen) atoms. The smallest absolute Gasteiger partial charge is 0.141 e. The van der Waals surface area contributed by atoms with Crippen molar-refractivity contribution in [3.63, 3.8) is 0 Å². The summed E-state index contributed by atoms with van der Waals surface area (Å²) >= 11 is 0. The van der Waals surface area contributed by atoms with E-state index in [1.807, 2.05) is 30.3 Å². The van der Waals surface area contributed by atoms with Crippen LogP contribution in [0.25, 0.3) is 0 Å². The highest BCUT2D eigenvalue weighted by atomic mass is 16.1. The fourth-order valence-corrected chi connectivity index (χ4v) is 2.79. The Morgan fingerprint density at radius 3 is 1.95 bits per heavy atom. The van der Waals surface area contributed by atoms with E-state index in [2.05, 4.69) is 46.8 Å². The van der Waals surface area contributed by atoms with E-state index in [1.54, 1.807) is 0 Å². The van der Waals surface area contributed by atoms with E-state index >= 15 is 0 Å². The van der Waals surface area contributed by atoms with Crippen LogP contribution in [-0.4, -0.2) is 5.78 Å². The van der Waals surface area contributed by atoms with Gasteiger partial charge in [0, 0.05) is 12.8 Å². The lowest BCUT2D eigenvalue weighted by Crippen LogP contribution is -2.14. The first kappa shape index (κ1) is 16.5. The first-order valence-corrected chi connectivity index (χ1v) is 7.93. The van der Waals surface area contributed by atoms with Crippen LogP contribution in [0.4, 0.5) is 0 Å². The zero-order valence-corrected chi connectivity index (χ0v) is 14.4. The molecule has 0 bridgehead atoms. The Bertz CT molecular complexity index is 637. The molecule has 2 aromatic carbocycles. The van der Waals surface area contributed by atoms with Gasteiger partial charge in [-0.3, -0.25) is 4.79 Å². The van der Waals surface area contributed by atoms with Gasteiger partial charge in [-0.25, -0.2) is 0 Å². The molecular weight excluding hydrogens is 268 g/mol. The van der Waals surface area contributed by atoms with Crippen molar-refractivity contribution in [3.05, 3.63) is 70.3 Å². The van der Waals surface area contributed by atoms with Gasteiger partial charge in [-0.2, -0.15) is 0 Å². The Hall–Kier alpha value is -1.89. The van der Waals surface area contributed by atoms with E-state index in [0.717, 1.165) is 5.56 Å². The number of ketones is 1. The van der Waals surface area contributed by atoms with E-state index < -0.39 is 0 Å². The molecule has 2 aromatic rings. The second kappa shape index (κ2) is 6.48. The standard InChI is InChI=1S/C21H26O/c1-15-11-18(21(3,4)5)12-16(2)20(15)14-19(22)13-17-9-7-6-8-10-17/h6-12H,13-14H2,1-5H3. The molecule has 0 saturated carbocycles. The fraction of sp³-hybridized carbons (Fsp3) is 0.381. The number of carbonyl (C=O) groups excluding carboxylic acids is 1. The molecule has 0 radical (unpaired) electrons. The fourth-order valence-electron chi connectivity index (χ4n) is 2.79. The Morgan fingerprint density at radius 2 is 1.45 bits per heavy atom.